The first-order valence-corrected chi connectivity index (χ1v) is 10.1. The van der Waals surface area contributed by atoms with Crippen molar-refractivity contribution in [3.8, 4) is 0 Å². The molecule has 1 atom stereocenters. The van der Waals surface area contributed by atoms with Gasteiger partial charge in [-0.05, 0) is 32.2 Å². The standard InChI is InChI=1S/C17H29N5OS/c1-21(14-8-4-3-5-9-14)15(23)12-24-17-20-19-16(22(17)2)13-7-6-10-18-11-13/h13-14,18H,3-12H2,1-2H3/t13-/m1/s1. The summed E-state index contributed by atoms with van der Waals surface area (Å²) in [5, 5.41) is 13.0. The first-order chi connectivity index (χ1) is 11.7. The van der Waals surface area contributed by atoms with E-state index in [4.69, 9.17) is 0 Å². The molecule has 7 heteroatoms. The van der Waals surface area contributed by atoms with Gasteiger partial charge in [-0.1, -0.05) is 31.0 Å². The molecule has 2 heterocycles. The Balaban J connectivity index is 1.54. The van der Waals surface area contributed by atoms with Crippen LogP contribution in [0.3, 0.4) is 0 Å². The molecule has 0 bridgehead atoms. The van der Waals surface area contributed by atoms with Crippen LogP contribution in [0.1, 0.15) is 56.7 Å². The van der Waals surface area contributed by atoms with E-state index in [0.29, 0.717) is 17.7 Å². The third kappa shape index (κ3) is 4.11. The van der Waals surface area contributed by atoms with Crippen LogP contribution in [-0.2, 0) is 11.8 Å². The largest absolute Gasteiger partial charge is 0.342 e. The van der Waals surface area contributed by atoms with E-state index in [1.807, 2.05) is 19.0 Å². The van der Waals surface area contributed by atoms with Crippen molar-refractivity contribution in [3.05, 3.63) is 5.82 Å². The van der Waals surface area contributed by atoms with E-state index in [0.717, 1.165) is 43.3 Å². The fourth-order valence-electron chi connectivity index (χ4n) is 3.78. The SMILES string of the molecule is CN(C(=O)CSc1nnc([C@@H]2CCCNC2)n1C)C1CCCCC1. The first kappa shape index (κ1) is 17.7. The summed E-state index contributed by atoms with van der Waals surface area (Å²) in [6.07, 6.45) is 8.45. The van der Waals surface area contributed by atoms with Gasteiger partial charge >= 0.3 is 0 Å². The van der Waals surface area contributed by atoms with Gasteiger partial charge in [0, 0.05) is 32.6 Å². The van der Waals surface area contributed by atoms with Crippen LogP contribution in [-0.4, -0.2) is 57.5 Å². The van der Waals surface area contributed by atoms with Crippen molar-refractivity contribution in [2.75, 3.05) is 25.9 Å². The van der Waals surface area contributed by atoms with Gasteiger partial charge in [0.05, 0.1) is 5.75 Å². The number of nitrogens with zero attached hydrogens (tertiary/aromatic N) is 4. The Labute approximate surface area is 148 Å². The van der Waals surface area contributed by atoms with Crippen molar-refractivity contribution in [2.45, 2.75) is 62.1 Å². The van der Waals surface area contributed by atoms with Crippen molar-refractivity contribution in [2.24, 2.45) is 7.05 Å². The number of nitrogens with one attached hydrogen (secondary N) is 1. The maximum absolute atomic E-state index is 12.5. The second-order valence-electron chi connectivity index (χ2n) is 7.03. The van der Waals surface area contributed by atoms with Gasteiger partial charge in [0.25, 0.3) is 0 Å². The molecular formula is C17H29N5OS. The van der Waals surface area contributed by atoms with Crippen LogP contribution in [0, 0.1) is 0 Å². The van der Waals surface area contributed by atoms with Gasteiger partial charge in [0.1, 0.15) is 5.82 Å². The van der Waals surface area contributed by atoms with Gasteiger partial charge in [0.15, 0.2) is 5.16 Å². The number of hydrogen-bond donors (Lipinski definition) is 1. The molecule has 1 saturated carbocycles. The normalized spacial score (nSPS) is 22.5. The lowest BCUT2D eigenvalue weighted by molar-refractivity contribution is -0.129. The monoisotopic (exact) mass is 351 g/mol. The van der Waals surface area contributed by atoms with Crippen LogP contribution in [0.4, 0.5) is 0 Å². The van der Waals surface area contributed by atoms with Crippen molar-refractivity contribution in [1.29, 1.82) is 0 Å². The molecule has 0 radical (unpaired) electrons. The number of rotatable bonds is 5. The van der Waals surface area contributed by atoms with E-state index in [1.165, 1.54) is 37.4 Å². The Kier molecular flexibility index (Phi) is 6.16. The number of hydrogen-bond acceptors (Lipinski definition) is 5. The van der Waals surface area contributed by atoms with Crippen LogP contribution < -0.4 is 5.32 Å². The van der Waals surface area contributed by atoms with Crippen LogP contribution in [0.5, 0.6) is 0 Å². The molecule has 1 aliphatic carbocycles. The van der Waals surface area contributed by atoms with Gasteiger partial charge in [-0.2, -0.15) is 0 Å². The van der Waals surface area contributed by atoms with E-state index in [-0.39, 0.29) is 5.91 Å². The molecule has 1 N–H and O–H groups in total. The van der Waals surface area contributed by atoms with Crippen molar-refractivity contribution in [1.82, 2.24) is 25.0 Å². The van der Waals surface area contributed by atoms with Gasteiger partial charge in [0.2, 0.25) is 5.91 Å². The Bertz CT molecular complexity index is 549. The molecule has 2 fully saturated rings. The molecule has 1 aromatic rings. The molecule has 6 nitrogen and oxygen atoms in total. The third-order valence-corrected chi connectivity index (χ3v) is 6.38. The minimum absolute atomic E-state index is 0.204. The Morgan fingerprint density at radius 1 is 1.25 bits per heavy atom. The molecule has 2 aliphatic rings. The van der Waals surface area contributed by atoms with Crippen LogP contribution in [0.15, 0.2) is 5.16 Å². The summed E-state index contributed by atoms with van der Waals surface area (Å²) in [6, 6.07) is 0.426. The predicted molar refractivity (Wildman–Crippen MR) is 96.2 cm³/mol. The van der Waals surface area contributed by atoms with Gasteiger partial charge in [-0.15, -0.1) is 10.2 Å². The number of carbonyl (C=O) groups excluding carboxylic acids is 1. The topological polar surface area (TPSA) is 63.1 Å². The molecule has 1 amide bonds. The highest BCUT2D eigenvalue weighted by atomic mass is 32.2. The van der Waals surface area contributed by atoms with Crippen molar-refractivity contribution >= 4 is 17.7 Å². The summed E-state index contributed by atoms with van der Waals surface area (Å²) in [5.74, 6) is 2.13. The third-order valence-electron chi connectivity index (χ3n) is 5.37. The minimum Gasteiger partial charge on any atom is -0.342 e. The summed E-state index contributed by atoms with van der Waals surface area (Å²) in [5.41, 5.74) is 0. The Morgan fingerprint density at radius 2 is 2.04 bits per heavy atom. The van der Waals surface area contributed by atoms with Gasteiger partial charge in [-0.25, -0.2) is 0 Å². The summed E-state index contributed by atoms with van der Waals surface area (Å²) < 4.78 is 2.07. The fraction of sp³-hybridized carbons (Fsp3) is 0.824. The maximum Gasteiger partial charge on any atom is 0.233 e. The summed E-state index contributed by atoms with van der Waals surface area (Å²) in [4.78, 5) is 14.4. The lowest BCUT2D eigenvalue weighted by atomic mass is 9.94. The highest BCUT2D eigenvalue weighted by Crippen LogP contribution is 2.26. The molecule has 3 rings (SSSR count). The van der Waals surface area contributed by atoms with Crippen molar-refractivity contribution < 1.29 is 4.79 Å². The average Bonchev–Trinajstić information content (AvgIpc) is 3.01. The molecule has 0 spiro atoms. The van der Waals surface area contributed by atoms with Gasteiger partial charge in [-0.3, -0.25) is 4.79 Å². The van der Waals surface area contributed by atoms with E-state index >= 15 is 0 Å². The highest BCUT2D eigenvalue weighted by Gasteiger charge is 2.24. The minimum atomic E-state index is 0.204. The van der Waals surface area contributed by atoms with E-state index < -0.39 is 0 Å². The molecule has 134 valence electrons. The molecule has 1 aromatic heterocycles. The number of aromatic nitrogens is 3. The summed E-state index contributed by atoms with van der Waals surface area (Å²) in [7, 11) is 3.97. The zero-order valence-electron chi connectivity index (χ0n) is 14.8. The van der Waals surface area contributed by atoms with Crippen LogP contribution in [0.25, 0.3) is 0 Å². The lowest BCUT2D eigenvalue weighted by Gasteiger charge is -2.31. The Hall–Kier alpha value is -1.08. The smallest absolute Gasteiger partial charge is 0.233 e. The molecule has 1 aliphatic heterocycles. The molecule has 24 heavy (non-hydrogen) atoms. The van der Waals surface area contributed by atoms with E-state index in [1.54, 1.807) is 0 Å². The fourth-order valence-corrected chi connectivity index (χ4v) is 4.62. The molecule has 0 unspecified atom stereocenters. The van der Waals surface area contributed by atoms with Crippen LogP contribution in [0.2, 0.25) is 0 Å². The molecule has 1 saturated heterocycles. The van der Waals surface area contributed by atoms with E-state index in [9.17, 15) is 4.79 Å². The highest BCUT2D eigenvalue weighted by molar-refractivity contribution is 7.99. The zero-order chi connectivity index (χ0) is 16.9. The van der Waals surface area contributed by atoms with E-state index in [2.05, 4.69) is 20.1 Å². The average molecular weight is 352 g/mol. The maximum atomic E-state index is 12.5. The Morgan fingerprint density at radius 3 is 2.75 bits per heavy atom. The zero-order valence-corrected chi connectivity index (χ0v) is 15.6. The molecule has 0 aromatic carbocycles. The summed E-state index contributed by atoms with van der Waals surface area (Å²) >= 11 is 1.51. The first-order valence-electron chi connectivity index (χ1n) is 9.15. The lowest BCUT2D eigenvalue weighted by Crippen LogP contribution is -2.39. The quantitative estimate of drug-likeness (QED) is 0.824. The van der Waals surface area contributed by atoms with Crippen molar-refractivity contribution in [3.63, 3.8) is 0 Å². The number of piperidine rings is 1. The summed E-state index contributed by atoms with van der Waals surface area (Å²) in [6.45, 7) is 2.07. The number of carbonyl (C=O) groups is 1. The van der Waals surface area contributed by atoms with Gasteiger partial charge < -0.3 is 14.8 Å². The molecular weight excluding hydrogens is 322 g/mol. The number of amides is 1. The second-order valence-corrected chi connectivity index (χ2v) is 7.97. The van der Waals surface area contributed by atoms with Crippen LogP contribution >= 0.6 is 11.8 Å². The predicted octanol–water partition coefficient (Wildman–Crippen LogP) is 2.17. The second kappa shape index (κ2) is 8.34. The number of thioether (sulfide) groups is 1.